The number of carboxylic acids is 1. The molecule has 1 amide bonds. The number of H-pyrrole nitrogens is 1. The molecule has 2 heterocycles. The third kappa shape index (κ3) is 3.59. The van der Waals surface area contributed by atoms with E-state index in [2.05, 4.69) is 4.98 Å². The number of aromatic amines is 1. The zero-order chi connectivity index (χ0) is 19.7. The molecule has 0 bridgehead atoms. The van der Waals surface area contributed by atoms with Crippen LogP contribution in [0.3, 0.4) is 0 Å². The number of carboxylic acid groups (broad SMARTS) is 1. The van der Waals surface area contributed by atoms with E-state index in [0.29, 0.717) is 13.1 Å². The summed E-state index contributed by atoms with van der Waals surface area (Å²) in [5.74, 6) is -1.10. The van der Waals surface area contributed by atoms with Gasteiger partial charge in [-0.25, -0.2) is 4.79 Å². The van der Waals surface area contributed by atoms with Crippen molar-refractivity contribution >= 4 is 11.9 Å². The van der Waals surface area contributed by atoms with E-state index in [1.165, 1.54) is 0 Å². The molecule has 1 fully saturated rings. The van der Waals surface area contributed by atoms with Crippen molar-refractivity contribution in [1.29, 1.82) is 0 Å². The van der Waals surface area contributed by atoms with Gasteiger partial charge in [0.15, 0.2) is 0 Å². The van der Waals surface area contributed by atoms with Crippen LogP contribution in [0.25, 0.3) is 0 Å². The Morgan fingerprint density at radius 3 is 2.75 bits per heavy atom. The van der Waals surface area contributed by atoms with Crippen LogP contribution in [0.2, 0.25) is 0 Å². The fourth-order valence-electron chi connectivity index (χ4n) is 4.36. The highest BCUT2D eigenvalue weighted by atomic mass is 16.4. The molecular formula is C22H24N2O4. The van der Waals surface area contributed by atoms with Crippen molar-refractivity contribution in [3.8, 4) is 0 Å². The van der Waals surface area contributed by atoms with Crippen LogP contribution in [0.1, 0.15) is 69.1 Å². The summed E-state index contributed by atoms with van der Waals surface area (Å²) in [7, 11) is 0. The molecule has 1 aliphatic carbocycles. The third-order valence-electron chi connectivity index (χ3n) is 5.88. The first kappa shape index (κ1) is 18.5. The van der Waals surface area contributed by atoms with Crippen molar-refractivity contribution in [3.63, 3.8) is 0 Å². The summed E-state index contributed by atoms with van der Waals surface area (Å²) in [5.41, 5.74) is 3.15. The summed E-state index contributed by atoms with van der Waals surface area (Å²) in [4.78, 5) is 41.4. The molecule has 0 radical (unpaired) electrons. The molecule has 2 aromatic rings. The first-order valence-corrected chi connectivity index (χ1v) is 9.90. The fourth-order valence-corrected chi connectivity index (χ4v) is 4.36. The van der Waals surface area contributed by atoms with Gasteiger partial charge in [0.1, 0.15) is 5.56 Å². The number of piperidine rings is 1. The van der Waals surface area contributed by atoms with Gasteiger partial charge in [-0.2, -0.15) is 0 Å². The molecule has 1 aliphatic heterocycles. The van der Waals surface area contributed by atoms with E-state index in [-0.39, 0.29) is 28.5 Å². The van der Waals surface area contributed by atoms with Crippen molar-refractivity contribution in [2.75, 3.05) is 13.1 Å². The lowest BCUT2D eigenvalue weighted by molar-refractivity contribution is 0.0687. The number of hydrogen-bond acceptors (Lipinski definition) is 3. The fraction of sp³-hybridized carbons (Fsp3) is 0.409. The highest BCUT2D eigenvalue weighted by Gasteiger charge is 2.28. The number of amides is 1. The number of carbonyl (C=O) groups excluding carboxylic acids is 1. The Labute approximate surface area is 163 Å². The topological polar surface area (TPSA) is 90.5 Å². The maximum absolute atomic E-state index is 13.1. The first-order chi connectivity index (χ1) is 13.5. The molecule has 6 heteroatoms. The van der Waals surface area contributed by atoms with Gasteiger partial charge in [0.25, 0.3) is 11.5 Å². The van der Waals surface area contributed by atoms with Crippen LogP contribution in [0, 0.1) is 0 Å². The number of pyridine rings is 1. The number of likely N-dealkylation sites (tertiary alicyclic amines) is 1. The standard InChI is InChI=1S/C22H24N2O4/c25-20-18(12-15-5-1-2-9-19(15)23-20)21(26)24-10-4-8-17(13-24)14-6-3-7-16(11-14)22(27)28/h3,6-7,11-12,17H,1-2,4-5,8-10,13H2,(H,23,25)(H,27,28)/t17-/m1/s1. The van der Waals surface area contributed by atoms with Gasteiger partial charge in [-0.1, -0.05) is 12.1 Å². The second-order valence-electron chi connectivity index (χ2n) is 7.74. The second-order valence-corrected chi connectivity index (χ2v) is 7.74. The van der Waals surface area contributed by atoms with E-state index < -0.39 is 5.97 Å². The lowest BCUT2D eigenvalue weighted by atomic mass is 9.89. The van der Waals surface area contributed by atoms with Crippen LogP contribution in [0.4, 0.5) is 0 Å². The van der Waals surface area contributed by atoms with Gasteiger partial charge in [0.05, 0.1) is 5.56 Å². The number of aromatic nitrogens is 1. The highest BCUT2D eigenvalue weighted by molar-refractivity contribution is 5.94. The Morgan fingerprint density at radius 2 is 1.93 bits per heavy atom. The molecule has 1 aromatic carbocycles. The van der Waals surface area contributed by atoms with Crippen LogP contribution in [-0.4, -0.2) is 40.0 Å². The van der Waals surface area contributed by atoms with Crippen molar-refractivity contribution in [1.82, 2.24) is 9.88 Å². The summed E-state index contributed by atoms with van der Waals surface area (Å²) in [5, 5.41) is 9.22. The quantitative estimate of drug-likeness (QED) is 0.857. The number of aryl methyl sites for hydroxylation is 2. The van der Waals surface area contributed by atoms with Gasteiger partial charge < -0.3 is 15.0 Å². The monoisotopic (exact) mass is 380 g/mol. The Bertz CT molecular complexity index is 979. The van der Waals surface area contributed by atoms with Crippen LogP contribution in [0.15, 0.2) is 35.1 Å². The molecule has 0 unspecified atom stereocenters. The molecule has 1 aromatic heterocycles. The largest absolute Gasteiger partial charge is 0.478 e. The van der Waals surface area contributed by atoms with E-state index in [0.717, 1.165) is 55.3 Å². The van der Waals surface area contributed by atoms with Crippen LogP contribution in [0.5, 0.6) is 0 Å². The SMILES string of the molecule is O=C(O)c1cccc([C@@H]2CCCN(C(=O)c3cc4c([nH]c3=O)CCCC4)C2)c1. The minimum absolute atomic E-state index is 0.0775. The number of rotatable bonds is 3. The number of aromatic carboxylic acids is 1. The van der Waals surface area contributed by atoms with E-state index in [4.69, 9.17) is 0 Å². The summed E-state index contributed by atoms with van der Waals surface area (Å²) < 4.78 is 0. The molecule has 1 atom stereocenters. The molecule has 28 heavy (non-hydrogen) atoms. The van der Waals surface area contributed by atoms with Gasteiger partial charge in [-0.05, 0) is 67.9 Å². The third-order valence-corrected chi connectivity index (χ3v) is 5.88. The Balaban J connectivity index is 1.56. The molecule has 1 saturated heterocycles. The number of nitrogens with one attached hydrogen (secondary N) is 1. The van der Waals surface area contributed by atoms with Crippen LogP contribution in [-0.2, 0) is 12.8 Å². The van der Waals surface area contributed by atoms with E-state index in [1.54, 1.807) is 29.2 Å². The number of hydrogen-bond donors (Lipinski definition) is 2. The molecule has 2 aliphatic rings. The van der Waals surface area contributed by atoms with Crippen molar-refractivity contribution in [3.05, 3.63) is 68.6 Å². The predicted molar refractivity (Wildman–Crippen MR) is 105 cm³/mol. The molecule has 4 rings (SSSR count). The van der Waals surface area contributed by atoms with Crippen LogP contribution >= 0.6 is 0 Å². The Kier molecular flexibility index (Phi) is 5.03. The maximum atomic E-state index is 13.1. The average molecular weight is 380 g/mol. The van der Waals surface area contributed by atoms with Gasteiger partial charge in [0.2, 0.25) is 0 Å². The summed E-state index contributed by atoms with van der Waals surface area (Å²) in [6.45, 7) is 1.11. The number of nitrogens with zero attached hydrogens (tertiary/aromatic N) is 1. The Hall–Kier alpha value is -2.89. The van der Waals surface area contributed by atoms with Crippen molar-refractivity contribution < 1.29 is 14.7 Å². The lowest BCUT2D eigenvalue weighted by Crippen LogP contribution is -2.41. The molecular weight excluding hydrogens is 356 g/mol. The van der Waals surface area contributed by atoms with Gasteiger partial charge >= 0.3 is 5.97 Å². The minimum atomic E-state index is -0.953. The van der Waals surface area contributed by atoms with E-state index >= 15 is 0 Å². The Morgan fingerprint density at radius 1 is 1.11 bits per heavy atom. The van der Waals surface area contributed by atoms with Crippen molar-refractivity contribution in [2.45, 2.75) is 44.4 Å². The second kappa shape index (κ2) is 7.62. The summed E-state index contributed by atoms with van der Waals surface area (Å²) in [6.07, 6.45) is 5.64. The van der Waals surface area contributed by atoms with Gasteiger partial charge in [0, 0.05) is 24.7 Å². The van der Waals surface area contributed by atoms with E-state index in [1.807, 2.05) is 6.07 Å². The predicted octanol–water partition coefficient (Wildman–Crippen LogP) is 2.97. The van der Waals surface area contributed by atoms with Crippen LogP contribution < -0.4 is 5.56 Å². The molecule has 2 N–H and O–H groups in total. The van der Waals surface area contributed by atoms with E-state index in [9.17, 15) is 19.5 Å². The first-order valence-electron chi connectivity index (χ1n) is 9.90. The minimum Gasteiger partial charge on any atom is -0.478 e. The number of carbonyl (C=O) groups is 2. The normalized spacial score (nSPS) is 19.1. The van der Waals surface area contributed by atoms with Crippen molar-refractivity contribution in [2.24, 2.45) is 0 Å². The average Bonchev–Trinajstić information content (AvgIpc) is 2.73. The lowest BCUT2D eigenvalue weighted by Gasteiger charge is -2.33. The number of benzene rings is 1. The zero-order valence-corrected chi connectivity index (χ0v) is 15.7. The summed E-state index contributed by atoms with van der Waals surface area (Å²) >= 11 is 0. The molecule has 0 spiro atoms. The molecule has 146 valence electrons. The van der Waals surface area contributed by atoms with Gasteiger partial charge in [-0.15, -0.1) is 0 Å². The zero-order valence-electron chi connectivity index (χ0n) is 15.7. The maximum Gasteiger partial charge on any atom is 0.335 e. The van der Waals surface area contributed by atoms with Gasteiger partial charge in [-0.3, -0.25) is 9.59 Å². The summed E-state index contributed by atoms with van der Waals surface area (Å²) in [6, 6.07) is 8.70. The number of fused-ring (bicyclic) bond motifs is 1. The smallest absolute Gasteiger partial charge is 0.335 e. The molecule has 6 nitrogen and oxygen atoms in total. The molecule has 0 saturated carbocycles. The highest BCUT2D eigenvalue weighted by Crippen LogP contribution is 2.28.